The number of benzene rings is 2. The van der Waals surface area contributed by atoms with Gasteiger partial charge in [-0.3, -0.25) is 0 Å². The van der Waals surface area contributed by atoms with Crippen molar-refractivity contribution in [2.45, 2.75) is 0 Å². The minimum absolute atomic E-state index is 0.222. The number of oxazole rings is 1. The van der Waals surface area contributed by atoms with E-state index in [1.807, 2.05) is 18.2 Å². The minimum atomic E-state index is 0.222. The number of rotatable bonds is 3. The second-order valence-corrected chi connectivity index (χ2v) is 5.27. The van der Waals surface area contributed by atoms with E-state index in [1.165, 1.54) is 6.20 Å². The topological polar surface area (TPSA) is 61.9 Å². The monoisotopic (exact) mass is 329 g/mol. The lowest BCUT2D eigenvalue weighted by Gasteiger charge is -2.02. The molecule has 22 heavy (non-hydrogen) atoms. The molecule has 0 amide bonds. The molecule has 0 radical (unpaired) electrons. The van der Waals surface area contributed by atoms with Crippen LogP contribution in [0, 0.1) is 11.3 Å². The van der Waals surface area contributed by atoms with Crippen LogP contribution < -0.4 is 5.32 Å². The van der Waals surface area contributed by atoms with E-state index in [9.17, 15) is 5.26 Å². The summed E-state index contributed by atoms with van der Waals surface area (Å²) in [5.41, 5.74) is 2.11. The van der Waals surface area contributed by atoms with Crippen LogP contribution in [0.2, 0.25) is 10.0 Å². The Bertz CT molecular complexity index is 909. The molecule has 4 nitrogen and oxygen atoms in total. The van der Waals surface area contributed by atoms with Gasteiger partial charge in [0.2, 0.25) is 5.89 Å². The fraction of sp³-hybridized carbons (Fsp3) is 0. The lowest BCUT2D eigenvalue weighted by atomic mass is 10.3. The number of hydrogen-bond acceptors (Lipinski definition) is 4. The molecule has 1 aromatic heterocycles. The van der Waals surface area contributed by atoms with Crippen molar-refractivity contribution >= 4 is 45.6 Å². The minimum Gasteiger partial charge on any atom is -0.435 e. The molecule has 0 spiro atoms. The number of nitriles is 1. The maximum atomic E-state index is 9.29. The molecule has 0 aliphatic heterocycles. The van der Waals surface area contributed by atoms with Crippen LogP contribution in [0.3, 0.4) is 0 Å². The number of nitrogens with zero attached hydrogens (tertiary/aromatic N) is 2. The van der Waals surface area contributed by atoms with Crippen LogP contribution in [0.4, 0.5) is 5.69 Å². The zero-order chi connectivity index (χ0) is 15.5. The Hall–Kier alpha value is -2.48. The first kappa shape index (κ1) is 14.5. The molecule has 0 unspecified atom stereocenters. The van der Waals surface area contributed by atoms with Crippen LogP contribution >= 0.6 is 23.2 Å². The number of para-hydroxylation sites is 1. The van der Waals surface area contributed by atoms with Gasteiger partial charge in [-0.15, -0.1) is 0 Å². The number of allylic oxidation sites excluding steroid dienone is 1. The summed E-state index contributed by atoms with van der Waals surface area (Å²) in [6.07, 6.45) is 1.51. The quantitative estimate of drug-likeness (QED) is 0.678. The smallest absolute Gasteiger partial charge is 0.239 e. The second-order valence-electron chi connectivity index (χ2n) is 4.43. The van der Waals surface area contributed by atoms with Crippen LogP contribution in [0.1, 0.15) is 5.89 Å². The predicted octanol–water partition coefficient (Wildman–Crippen LogP) is 5.11. The van der Waals surface area contributed by atoms with Crippen molar-refractivity contribution < 1.29 is 4.42 Å². The predicted molar refractivity (Wildman–Crippen MR) is 87.7 cm³/mol. The lowest BCUT2D eigenvalue weighted by molar-refractivity contribution is 0.586. The Morgan fingerprint density at radius 2 is 2.05 bits per heavy atom. The van der Waals surface area contributed by atoms with Gasteiger partial charge in [0.1, 0.15) is 17.2 Å². The van der Waals surface area contributed by atoms with E-state index in [-0.39, 0.29) is 11.5 Å². The number of anilines is 1. The standard InChI is InChI=1S/C16H9Cl2N3O/c17-11-5-6-15-14(7-11)21-16(22-15)10(8-19)9-20-13-4-2-1-3-12(13)18/h1-7,9,20H/b10-9-. The Morgan fingerprint density at radius 1 is 1.23 bits per heavy atom. The van der Waals surface area contributed by atoms with E-state index in [2.05, 4.69) is 10.3 Å². The van der Waals surface area contributed by atoms with Gasteiger partial charge in [-0.25, -0.2) is 4.98 Å². The molecule has 0 atom stereocenters. The van der Waals surface area contributed by atoms with E-state index in [1.54, 1.807) is 30.3 Å². The first-order valence-electron chi connectivity index (χ1n) is 6.35. The van der Waals surface area contributed by atoms with Crippen LogP contribution in [0.5, 0.6) is 0 Å². The molecule has 0 aliphatic rings. The molecule has 3 rings (SSSR count). The van der Waals surface area contributed by atoms with Crippen LogP contribution in [-0.2, 0) is 0 Å². The molecule has 0 bridgehead atoms. The fourth-order valence-corrected chi connectivity index (χ4v) is 2.24. The number of hydrogen-bond donors (Lipinski definition) is 1. The molecular formula is C16H9Cl2N3O. The zero-order valence-electron chi connectivity index (χ0n) is 11.2. The summed E-state index contributed by atoms with van der Waals surface area (Å²) >= 11 is 12.0. The molecule has 0 aliphatic carbocycles. The number of nitrogens with one attached hydrogen (secondary N) is 1. The molecule has 1 heterocycles. The van der Waals surface area contributed by atoms with Crippen molar-refractivity contribution in [2.24, 2.45) is 0 Å². The summed E-state index contributed by atoms with van der Waals surface area (Å²) in [5.74, 6) is 0.222. The van der Waals surface area contributed by atoms with Gasteiger partial charge in [0.25, 0.3) is 0 Å². The Morgan fingerprint density at radius 3 is 2.82 bits per heavy atom. The molecule has 0 saturated heterocycles. The third-order valence-electron chi connectivity index (χ3n) is 2.95. The first-order chi connectivity index (χ1) is 10.7. The van der Waals surface area contributed by atoms with Gasteiger partial charge in [-0.2, -0.15) is 5.26 Å². The van der Waals surface area contributed by atoms with E-state index in [0.717, 1.165) is 0 Å². The van der Waals surface area contributed by atoms with Gasteiger partial charge in [0, 0.05) is 11.2 Å². The van der Waals surface area contributed by atoms with E-state index in [0.29, 0.717) is 26.8 Å². The molecule has 108 valence electrons. The normalized spacial score (nSPS) is 11.4. The van der Waals surface area contributed by atoms with Crippen molar-refractivity contribution in [2.75, 3.05) is 5.32 Å². The molecule has 0 fully saturated rings. The average Bonchev–Trinajstić information content (AvgIpc) is 2.92. The van der Waals surface area contributed by atoms with E-state index in [4.69, 9.17) is 27.6 Å². The highest BCUT2D eigenvalue weighted by atomic mass is 35.5. The summed E-state index contributed by atoms with van der Waals surface area (Å²) in [4.78, 5) is 4.26. The van der Waals surface area contributed by atoms with Gasteiger partial charge < -0.3 is 9.73 Å². The summed E-state index contributed by atoms with van der Waals surface area (Å²) in [6, 6.07) is 14.4. The number of halogens is 2. The van der Waals surface area contributed by atoms with E-state index < -0.39 is 0 Å². The van der Waals surface area contributed by atoms with Crippen molar-refractivity contribution in [1.29, 1.82) is 5.26 Å². The van der Waals surface area contributed by atoms with Crippen molar-refractivity contribution in [3.63, 3.8) is 0 Å². The molecule has 1 N–H and O–H groups in total. The Kier molecular flexibility index (Phi) is 4.01. The third-order valence-corrected chi connectivity index (χ3v) is 3.51. The van der Waals surface area contributed by atoms with Gasteiger partial charge in [0.05, 0.1) is 10.7 Å². The van der Waals surface area contributed by atoms with Gasteiger partial charge in [-0.1, -0.05) is 35.3 Å². The number of aromatic nitrogens is 1. The van der Waals surface area contributed by atoms with Gasteiger partial charge >= 0.3 is 0 Å². The van der Waals surface area contributed by atoms with Gasteiger partial charge in [-0.05, 0) is 30.3 Å². The highest BCUT2D eigenvalue weighted by molar-refractivity contribution is 6.33. The van der Waals surface area contributed by atoms with Crippen LogP contribution in [0.15, 0.2) is 53.1 Å². The number of fused-ring (bicyclic) bond motifs is 1. The summed E-state index contributed by atoms with van der Waals surface area (Å²) in [6.45, 7) is 0. The first-order valence-corrected chi connectivity index (χ1v) is 7.11. The SMILES string of the molecule is N#C/C(=C/Nc1ccccc1Cl)c1nc2cc(Cl)ccc2o1. The van der Waals surface area contributed by atoms with Crippen molar-refractivity contribution in [1.82, 2.24) is 4.98 Å². The molecule has 0 saturated carbocycles. The molecular weight excluding hydrogens is 321 g/mol. The average molecular weight is 330 g/mol. The van der Waals surface area contributed by atoms with Crippen molar-refractivity contribution in [3.05, 3.63) is 64.6 Å². The second kappa shape index (κ2) is 6.10. The molecule has 3 aromatic rings. The maximum Gasteiger partial charge on any atom is 0.239 e. The summed E-state index contributed by atoms with van der Waals surface area (Å²) in [7, 11) is 0. The van der Waals surface area contributed by atoms with Crippen LogP contribution in [0.25, 0.3) is 16.7 Å². The van der Waals surface area contributed by atoms with Crippen LogP contribution in [-0.4, -0.2) is 4.98 Å². The van der Waals surface area contributed by atoms with Crippen molar-refractivity contribution in [3.8, 4) is 6.07 Å². The Balaban J connectivity index is 1.94. The molecule has 2 aromatic carbocycles. The summed E-state index contributed by atoms with van der Waals surface area (Å²) in [5, 5.41) is 13.4. The summed E-state index contributed by atoms with van der Waals surface area (Å²) < 4.78 is 5.56. The highest BCUT2D eigenvalue weighted by Gasteiger charge is 2.11. The van der Waals surface area contributed by atoms with Gasteiger partial charge in [0.15, 0.2) is 5.58 Å². The third kappa shape index (κ3) is 2.91. The largest absolute Gasteiger partial charge is 0.435 e. The zero-order valence-corrected chi connectivity index (χ0v) is 12.7. The van der Waals surface area contributed by atoms with E-state index >= 15 is 0 Å². The fourth-order valence-electron chi connectivity index (χ4n) is 1.89. The lowest BCUT2D eigenvalue weighted by Crippen LogP contribution is -1.91. The molecule has 6 heteroatoms. The Labute approximate surface area is 136 Å². The maximum absolute atomic E-state index is 9.29. The highest BCUT2D eigenvalue weighted by Crippen LogP contribution is 2.25.